The minimum atomic E-state index is -0.566. The Morgan fingerprint density at radius 2 is 1.83 bits per heavy atom. The van der Waals surface area contributed by atoms with E-state index >= 15 is 0 Å². The van der Waals surface area contributed by atoms with E-state index in [1.165, 1.54) is 18.2 Å². The van der Waals surface area contributed by atoms with Gasteiger partial charge in [0, 0.05) is 11.6 Å². The Bertz CT molecular complexity index is 878. The highest BCUT2D eigenvalue weighted by Crippen LogP contribution is 2.10. The molecule has 0 aliphatic heterocycles. The number of esters is 1. The van der Waals surface area contributed by atoms with Crippen molar-refractivity contribution in [3.63, 3.8) is 0 Å². The smallest absolute Gasteiger partial charge is 0.331 e. The Balaban J connectivity index is 1.64. The molecule has 3 aromatic rings. The number of ether oxygens (including phenoxy) is 1. The molecule has 2 aromatic carbocycles. The molecule has 3 rings (SSSR count). The van der Waals surface area contributed by atoms with Crippen LogP contribution in [-0.2, 0) is 16.1 Å². The molecular weight excluding hydrogens is 295 g/mol. The standard InChI is InChI=1S/C18H13FN2O2/c19-15-6-2-1-5-13(15)12-23-18(22)10-9-14-11-20-16-7-3-4-8-17(16)21-14/h1-11H,12H2/b10-9+. The molecular formula is C18H13FN2O2. The van der Waals surface area contributed by atoms with Crippen LogP contribution in [0.4, 0.5) is 4.39 Å². The average molecular weight is 308 g/mol. The van der Waals surface area contributed by atoms with Crippen LogP contribution in [0.1, 0.15) is 11.3 Å². The van der Waals surface area contributed by atoms with E-state index < -0.39 is 11.8 Å². The fourth-order valence-electron chi connectivity index (χ4n) is 2.02. The van der Waals surface area contributed by atoms with E-state index in [1.807, 2.05) is 24.3 Å². The third kappa shape index (κ3) is 3.77. The summed E-state index contributed by atoms with van der Waals surface area (Å²) in [5, 5.41) is 0. The number of fused-ring (bicyclic) bond motifs is 1. The molecule has 1 heterocycles. The number of halogens is 1. The maximum Gasteiger partial charge on any atom is 0.331 e. The van der Waals surface area contributed by atoms with Crippen molar-refractivity contribution in [1.29, 1.82) is 0 Å². The molecule has 0 saturated heterocycles. The van der Waals surface area contributed by atoms with Crippen LogP contribution in [-0.4, -0.2) is 15.9 Å². The predicted octanol–water partition coefficient (Wildman–Crippen LogP) is 3.53. The first-order chi connectivity index (χ1) is 11.2. The molecule has 0 spiro atoms. The molecule has 0 aliphatic carbocycles. The molecule has 1 aromatic heterocycles. The lowest BCUT2D eigenvalue weighted by molar-refractivity contribution is -0.138. The average Bonchev–Trinajstić information content (AvgIpc) is 2.59. The van der Waals surface area contributed by atoms with Crippen LogP contribution < -0.4 is 0 Å². The van der Waals surface area contributed by atoms with Gasteiger partial charge in [-0.15, -0.1) is 0 Å². The molecule has 0 aliphatic rings. The van der Waals surface area contributed by atoms with Crippen molar-refractivity contribution in [2.75, 3.05) is 0 Å². The highest BCUT2D eigenvalue weighted by molar-refractivity contribution is 5.87. The fourth-order valence-corrected chi connectivity index (χ4v) is 2.02. The zero-order chi connectivity index (χ0) is 16.1. The van der Waals surface area contributed by atoms with Gasteiger partial charge in [-0.25, -0.2) is 14.2 Å². The maximum absolute atomic E-state index is 13.4. The van der Waals surface area contributed by atoms with Crippen LogP contribution in [0.2, 0.25) is 0 Å². The lowest BCUT2D eigenvalue weighted by Crippen LogP contribution is -2.02. The van der Waals surface area contributed by atoms with Crippen molar-refractivity contribution in [2.45, 2.75) is 6.61 Å². The van der Waals surface area contributed by atoms with Crippen LogP contribution in [0.25, 0.3) is 17.1 Å². The number of carbonyl (C=O) groups excluding carboxylic acids is 1. The summed E-state index contributed by atoms with van der Waals surface area (Å²) in [4.78, 5) is 20.3. The highest BCUT2D eigenvalue weighted by atomic mass is 19.1. The van der Waals surface area contributed by atoms with E-state index in [0.717, 1.165) is 11.0 Å². The number of para-hydroxylation sites is 2. The number of hydrogen-bond acceptors (Lipinski definition) is 4. The Morgan fingerprint density at radius 1 is 1.09 bits per heavy atom. The first kappa shape index (κ1) is 14.8. The molecule has 4 nitrogen and oxygen atoms in total. The first-order valence-electron chi connectivity index (χ1n) is 7.02. The molecule has 0 radical (unpaired) electrons. The molecule has 0 saturated carbocycles. The number of aromatic nitrogens is 2. The van der Waals surface area contributed by atoms with Crippen molar-refractivity contribution in [1.82, 2.24) is 9.97 Å². The van der Waals surface area contributed by atoms with Gasteiger partial charge in [-0.1, -0.05) is 30.3 Å². The number of carbonyl (C=O) groups is 1. The normalized spacial score (nSPS) is 11.0. The quantitative estimate of drug-likeness (QED) is 0.546. The van der Waals surface area contributed by atoms with Crippen LogP contribution >= 0.6 is 0 Å². The highest BCUT2D eigenvalue weighted by Gasteiger charge is 2.04. The second-order valence-electron chi connectivity index (χ2n) is 4.82. The van der Waals surface area contributed by atoms with E-state index in [2.05, 4.69) is 9.97 Å². The second kappa shape index (κ2) is 6.79. The van der Waals surface area contributed by atoms with Gasteiger partial charge in [-0.2, -0.15) is 0 Å². The van der Waals surface area contributed by atoms with Crippen molar-refractivity contribution in [2.24, 2.45) is 0 Å². The van der Waals surface area contributed by atoms with Gasteiger partial charge in [0.15, 0.2) is 0 Å². The van der Waals surface area contributed by atoms with Gasteiger partial charge in [0.1, 0.15) is 12.4 Å². The molecule has 5 heteroatoms. The molecule has 0 atom stereocenters. The molecule has 0 unspecified atom stereocenters. The summed E-state index contributed by atoms with van der Waals surface area (Å²) in [5.41, 5.74) is 2.41. The fraction of sp³-hybridized carbons (Fsp3) is 0.0556. The van der Waals surface area contributed by atoms with Gasteiger partial charge in [-0.05, 0) is 24.3 Å². The summed E-state index contributed by atoms with van der Waals surface area (Å²) < 4.78 is 18.4. The summed E-state index contributed by atoms with van der Waals surface area (Å²) in [6.07, 6.45) is 4.34. The number of hydrogen-bond donors (Lipinski definition) is 0. The van der Waals surface area contributed by atoms with Gasteiger partial charge >= 0.3 is 5.97 Å². The Kier molecular flexibility index (Phi) is 4.38. The number of benzene rings is 2. The Labute approximate surface area is 132 Å². The SMILES string of the molecule is O=C(/C=C/c1cnc2ccccc2n1)OCc1ccccc1F. The van der Waals surface area contributed by atoms with Gasteiger partial charge in [0.25, 0.3) is 0 Å². The van der Waals surface area contributed by atoms with E-state index in [1.54, 1.807) is 24.4 Å². The zero-order valence-electron chi connectivity index (χ0n) is 12.1. The van der Waals surface area contributed by atoms with Crippen molar-refractivity contribution in [3.05, 3.63) is 77.9 Å². The number of rotatable bonds is 4. The minimum absolute atomic E-state index is 0.112. The summed E-state index contributed by atoms with van der Waals surface area (Å²) in [5.74, 6) is -0.965. The summed E-state index contributed by atoms with van der Waals surface area (Å²) >= 11 is 0. The first-order valence-corrected chi connectivity index (χ1v) is 7.02. The summed E-state index contributed by atoms with van der Waals surface area (Å²) in [7, 11) is 0. The Morgan fingerprint density at radius 3 is 2.65 bits per heavy atom. The maximum atomic E-state index is 13.4. The zero-order valence-corrected chi connectivity index (χ0v) is 12.1. The van der Waals surface area contributed by atoms with E-state index in [-0.39, 0.29) is 6.61 Å². The third-order valence-corrected chi connectivity index (χ3v) is 3.19. The summed E-state index contributed by atoms with van der Waals surface area (Å²) in [6, 6.07) is 13.6. The predicted molar refractivity (Wildman–Crippen MR) is 84.8 cm³/mol. The topological polar surface area (TPSA) is 52.1 Å². The van der Waals surface area contributed by atoms with Gasteiger partial charge in [-0.3, -0.25) is 4.98 Å². The van der Waals surface area contributed by atoms with Gasteiger partial charge < -0.3 is 4.74 Å². The lowest BCUT2D eigenvalue weighted by atomic mass is 10.2. The van der Waals surface area contributed by atoms with Crippen LogP contribution in [0.15, 0.2) is 60.8 Å². The third-order valence-electron chi connectivity index (χ3n) is 3.19. The molecule has 0 amide bonds. The monoisotopic (exact) mass is 308 g/mol. The van der Waals surface area contributed by atoms with Crippen LogP contribution in [0, 0.1) is 5.82 Å². The van der Waals surface area contributed by atoms with Crippen LogP contribution in [0.5, 0.6) is 0 Å². The van der Waals surface area contributed by atoms with Crippen LogP contribution in [0.3, 0.4) is 0 Å². The van der Waals surface area contributed by atoms with Gasteiger partial charge in [0.05, 0.1) is 22.9 Å². The van der Waals surface area contributed by atoms with E-state index in [0.29, 0.717) is 11.3 Å². The largest absolute Gasteiger partial charge is 0.458 e. The lowest BCUT2D eigenvalue weighted by Gasteiger charge is -2.03. The molecule has 0 N–H and O–H groups in total. The Hall–Kier alpha value is -3.08. The van der Waals surface area contributed by atoms with Gasteiger partial charge in [0.2, 0.25) is 0 Å². The molecule has 0 fully saturated rings. The van der Waals surface area contributed by atoms with Crippen molar-refractivity contribution in [3.8, 4) is 0 Å². The minimum Gasteiger partial charge on any atom is -0.458 e. The second-order valence-corrected chi connectivity index (χ2v) is 4.82. The van der Waals surface area contributed by atoms with Crippen molar-refractivity contribution < 1.29 is 13.9 Å². The molecule has 0 bridgehead atoms. The van der Waals surface area contributed by atoms with Crippen molar-refractivity contribution >= 4 is 23.1 Å². The summed E-state index contributed by atoms with van der Waals surface area (Å²) in [6.45, 7) is -0.112. The van der Waals surface area contributed by atoms with E-state index in [9.17, 15) is 9.18 Å². The van der Waals surface area contributed by atoms with E-state index in [4.69, 9.17) is 4.74 Å². The number of nitrogens with zero attached hydrogens (tertiary/aromatic N) is 2. The molecule has 23 heavy (non-hydrogen) atoms. The molecule has 114 valence electrons.